The van der Waals surface area contributed by atoms with Crippen molar-refractivity contribution in [3.05, 3.63) is 65.2 Å². The standard InChI is InChI=1S/C24H30N4O2/c1-27(2)21-11-7-18(8-12-21)22(15-25-23(29)24(30)26-20-9-10-20)28-14-13-17-5-3-4-6-19(17)16-28/h3-8,11-12,20,22H,9-10,13-16H2,1-2H3,(H,25,29)(H,26,30)/t22-/m1/s1. The molecule has 1 fully saturated rings. The summed E-state index contributed by atoms with van der Waals surface area (Å²) in [6.45, 7) is 2.15. The maximum atomic E-state index is 12.3. The van der Waals surface area contributed by atoms with E-state index in [-0.39, 0.29) is 12.1 Å². The number of anilines is 1. The fourth-order valence-corrected chi connectivity index (χ4v) is 3.98. The Balaban J connectivity index is 1.50. The molecule has 0 spiro atoms. The average molecular weight is 407 g/mol. The molecule has 6 heteroatoms. The van der Waals surface area contributed by atoms with E-state index in [0.29, 0.717) is 6.54 Å². The fourth-order valence-electron chi connectivity index (χ4n) is 3.98. The van der Waals surface area contributed by atoms with Crippen molar-refractivity contribution >= 4 is 17.5 Å². The second-order valence-corrected chi connectivity index (χ2v) is 8.45. The molecule has 1 saturated carbocycles. The Morgan fingerprint density at radius 1 is 1.03 bits per heavy atom. The molecule has 0 unspecified atom stereocenters. The van der Waals surface area contributed by atoms with Gasteiger partial charge in [-0.3, -0.25) is 14.5 Å². The number of nitrogens with one attached hydrogen (secondary N) is 2. The molecule has 30 heavy (non-hydrogen) atoms. The minimum atomic E-state index is -0.547. The number of fused-ring (bicyclic) bond motifs is 1. The Hall–Kier alpha value is -2.86. The van der Waals surface area contributed by atoms with Gasteiger partial charge in [-0.05, 0) is 48.1 Å². The van der Waals surface area contributed by atoms with Crippen LogP contribution in [0.15, 0.2) is 48.5 Å². The molecule has 2 aromatic carbocycles. The van der Waals surface area contributed by atoms with E-state index in [2.05, 4.69) is 69.0 Å². The lowest BCUT2D eigenvalue weighted by Crippen LogP contribution is -2.45. The summed E-state index contributed by atoms with van der Waals surface area (Å²) in [5.41, 5.74) is 5.00. The number of amides is 2. The third-order valence-electron chi connectivity index (χ3n) is 5.97. The number of rotatable bonds is 6. The number of benzene rings is 2. The van der Waals surface area contributed by atoms with Gasteiger partial charge in [0.2, 0.25) is 0 Å². The number of hydrogen-bond acceptors (Lipinski definition) is 4. The highest BCUT2D eigenvalue weighted by Crippen LogP contribution is 2.28. The number of hydrogen-bond donors (Lipinski definition) is 2. The minimum absolute atomic E-state index is 0.00671. The van der Waals surface area contributed by atoms with Gasteiger partial charge in [-0.15, -0.1) is 0 Å². The maximum absolute atomic E-state index is 12.3. The van der Waals surface area contributed by atoms with Gasteiger partial charge in [-0.2, -0.15) is 0 Å². The molecule has 2 aromatic rings. The number of carbonyl (C=O) groups excluding carboxylic acids is 2. The van der Waals surface area contributed by atoms with Crippen LogP contribution in [0.5, 0.6) is 0 Å². The third-order valence-corrected chi connectivity index (χ3v) is 5.97. The minimum Gasteiger partial charge on any atom is -0.378 e. The monoisotopic (exact) mass is 406 g/mol. The van der Waals surface area contributed by atoms with Crippen LogP contribution in [0.4, 0.5) is 5.69 Å². The van der Waals surface area contributed by atoms with Crippen molar-refractivity contribution in [1.82, 2.24) is 15.5 Å². The van der Waals surface area contributed by atoms with E-state index in [4.69, 9.17) is 0 Å². The zero-order chi connectivity index (χ0) is 21.1. The number of carbonyl (C=O) groups is 2. The van der Waals surface area contributed by atoms with E-state index in [0.717, 1.165) is 43.6 Å². The summed E-state index contributed by atoms with van der Waals surface area (Å²) in [6, 6.07) is 17.2. The summed E-state index contributed by atoms with van der Waals surface area (Å²) < 4.78 is 0. The molecule has 0 saturated heterocycles. The van der Waals surface area contributed by atoms with Crippen LogP contribution in [0.3, 0.4) is 0 Å². The molecule has 0 radical (unpaired) electrons. The summed E-state index contributed by atoms with van der Waals surface area (Å²) in [4.78, 5) is 28.8. The molecule has 1 aliphatic carbocycles. The Kier molecular flexibility index (Phi) is 6.04. The molecule has 1 heterocycles. The first-order valence-corrected chi connectivity index (χ1v) is 10.7. The molecule has 0 bridgehead atoms. The summed E-state index contributed by atoms with van der Waals surface area (Å²) in [5, 5.41) is 5.63. The molecule has 6 nitrogen and oxygen atoms in total. The second kappa shape index (κ2) is 8.88. The molecule has 4 rings (SSSR count). The smallest absolute Gasteiger partial charge is 0.309 e. The largest absolute Gasteiger partial charge is 0.378 e. The van der Waals surface area contributed by atoms with Gasteiger partial charge in [0.25, 0.3) is 0 Å². The van der Waals surface area contributed by atoms with Crippen molar-refractivity contribution < 1.29 is 9.59 Å². The van der Waals surface area contributed by atoms with Crippen LogP contribution in [0, 0.1) is 0 Å². The van der Waals surface area contributed by atoms with Crippen LogP contribution >= 0.6 is 0 Å². The van der Waals surface area contributed by atoms with Crippen molar-refractivity contribution in [2.24, 2.45) is 0 Å². The van der Waals surface area contributed by atoms with E-state index in [1.165, 1.54) is 11.1 Å². The molecule has 0 aromatic heterocycles. The Morgan fingerprint density at radius 2 is 1.73 bits per heavy atom. The van der Waals surface area contributed by atoms with Gasteiger partial charge in [0.05, 0.1) is 6.04 Å². The molecule has 2 aliphatic rings. The summed E-state index contributed by atoms with van der Waals surface area (Å²) in [5.74, 6) is -1.07. The van der Waals surface area contributed by atoms with Crippen molar-refractivity contribution in [2.75, 3.05) is 32.1 Å². The molecule has 1 aliphatic heterocycles. The van der Waals surface area contributed by atoms with Crippen molar-refractivity contribution in [3.63, 3.8) is 0 Å². The summed E-state index contributed by atoms with van der Waals surface area (Å²) in [7, 11) is 4.04. The highest BCUT2D eigenvalue weighted by molar-refractivity contribution is 6.35. The zero-order valence-corrected chi connectivity index (χ0v) is 17.7. The average Bonchev–Trinajstić information content (AvgIpc) is 3.58. The van der Waals surface area contributed by atoms with E-state index in [1.54, 1.807) is 0 Å². The van der Waals surface area contributed by atoms with Gasteiger partial charge in [0.15, 0.2) is 0 Å². The first-order chi connectivity index (χ1) is 14.5. The van der Waals surface area contributed by atoms with Crippen LogP contribution in [0.2, 0.25) is 0 Å². The van der Waals surface area contributed by atoms with Crippen molar-refractivity contribution in [2.45, 2.75) is 37.9 Å². The quantitative estimate of drug-likeness (QED) is 0.723. The van der Waals surface area contributed by atoms with Gasteiger partial charge in [-0.25, -0.2) is 0 Å². The highest BCUT2D eigenvalue weighted by atomic mass is 16.2. The molecule has 2 N–H and O–H groups in total. The zero-order valence-electron chi connectivity index (χ0n) is 17.7. The lowest BCUT2D eigenvalue weighted by atomic mass is 9.96. The van der Waals surface area contributed by atoms with E-state index in [1.807, 2.05) is 14.1 Å². The maximum Gasteiger partial charge on any atom is 0.309 e. The lowest BCUT2D eigenvalue weighted by molar-refractivity contribution is -0.139. The second-order valence-electron chi connectivity index (χ2n) is 8.45. The van der Waals surface area contributed by atoms with Crippen LogP contribution in [0.25, 0.3) is 0 Å². The Labute approximate surface area is 178 Å². The molecular formula is C24H30N4O2. The highest BCUT2D eigenvalue weighted by Gasteiger charge is 2.28. The topological polar surface area (TPSA) is 64.7 Å². The van der Waals surface area contributed by atoms with Gasteiger partial charge < -0.3 is 15.5 Å². The Bertz CT molecular complexity index is 906. The molecular weight excluding hydrogens is 376 g/mol. The normalized spacial score (nSPS) is 17.0. The Morgan fingerprint density at radius 3 is 2.40 bits per heavy atom. The van der Waals surface area contributed by atoms with Crippen molar-refractivity contribution in [1.29, 1.82) is 0 Å². The van der Waals surface area contributed by atoms with Gasteiger partial charge in [0, 0.05) is 45.5 Å². The van der Waals surface area contributed by atoms with Gasteiger partial charge in [0.1, 0.15) is 0 Å². The van der Waals surface area contributed by atoms with Crippen molar-refractivity contribution in [3.8, 4) is 0 Å². The lowest BCUT2D eigenvalue weighted by Gasteiger charge is -2.36. The summed E-state index contributed by atoms with van der Waals surface area (Å²) in [6.07, 6.45) is 2.92. The summed E-state index contributed by atoms with van der Waals surface area (Å²) >= 11 is 0. The molecule has 2 amide bonds. The van der Waals surface area contributed by atoms with Gasteiger partial charge >= 0.3 is 11.8 Å². The van der Waals surface area contributed by atoms with E-state index >= 15 is 0 Å². The SMILES string of the molecule is CN(C)c1ccc([C@@H](CNC(=O)C(=O)NC2CC2)N2CCc3ccccc3C2)cc1. The van der Waals surface area contributed by atoms with E-state index < -0.39 is 11.8 Å². The fraction of sp³-hybridized carbons (Fsp3) is 0.417. The first kappa shape index (κ1) is 20.4. The van der Waals surface area contributed by atoms with Crippen LogP contribution in [-0.2, 0) is 22.6 Å². The molecule has 158 valence electrons. The molecule has 1 atom stereocenters. The van der Waals surface area contributed by atoms with Crippen LogP contribution in [-0.4, -0.2) is 49.9 Å². The van der Waals surface area contributed by atoms with Crippen LogP contribution in [0.1, 0.15) is 35.6 Å². The third kappa shape index (κ3) is 4.82. The predicted molar refractivity (Wildman–Crippen MR) is 118 cm³/mol. The van der Waals surface area contributed by atoms with E-state index in [9.17, 15) is 9.59 Å². The van der Waals surface area contributed by atoms with Gasteiger partial charge in [-0.1, -0.05) is 36.4 Å². The van der Waals surface area contributed by atoms with Crippen LogP contribution < -0.4 is 15.5 Å². The number of nitrogens with zero attached hydrogens (tertiary/aromatic N) is 2. The predicted octanol–water partition coefficient (Wildman–Crippen LogP) is 2.25. The first-order valence-electron chi connectivity index (χ1n) is 10.7.